The standard InChI is InChI=1S/C20H20FN5O3.2ClH/c1-12-7-17(13-3-2-6-22-9-13)29-20(28)18(12)19(27)25-16-8-14(4-5-15(16)21)26-10-23-24-11-26;;/h4-5,7-8,10-11,13,22H,2-3,6,9H2,1H3,(H,25,27);2*1H. The average Bonchev–Trinajstić information content (AvgIpc) is 3.24. The Kier molecular flexibility index (Phi) is 8.32. The lowest BCUT2D eigenvalue weighted by atomic mass is 9.95. The van der Waals surface area contributed by atoms with Crippen LogP contribution in [-0.4, -0.2) is 33.8 Å². The van der Waals surface area contributed by atoms with Crippen LogP contribution in [-0.2, 0) is 0 Å². The van der Waals surface area contributed by atoms with Gasteiger partial charge in [0, 0.05) is 12.5 Å². The van der Waals surface area contributed by atoms with Gasteiger partial charge < -0.3 is 15.1 Å². The third kappa shape index (κ3) is 5.30. The maximum absolute atomic E-state index is 14.2. The van der Waals surface area contributed by atoms with E-state index >= 15 is 0 Å². The molecular weight excluding hydrogens is 448 g/mol. The minimum Gasteiger partial charge on any atom is -0.427 e. The number of rotatable bonds is 4. The smallest absolute Gasteiger partial charge is 0.349 e. The van der Waals surface area contributed by atoms with Gasteiger partial charge in [0.25, 0.3) is 5.91 Å². The topological polar surface area (TPSA) is 102 Å². The van der Waals surface area contributed by atoms with Crippen molar-refractivity contribution in [3.8, 4) is 5.69 Å². The third-order valence-electron chi connectivity index (χ3n) is 5.01. The number of nitrogens with zero attached hydrogens (tertiary/aromatic N) is 3. The minimum atomic E-state index is -0.724. The normalized spacial score (nSPS) is 15.5. The van der Waals surface area contributed by atoms with E-state index in [1.165, 1.54) is 30.9 Å². The van der Waals surface area contributed by atoms with Crippen LogP contribution >= 0.6 is 24.8 Å². The molecule has 1 aliphatic heterocycles. The first kappa shape index (κ1) is 24.5. The van der Waals surface area contributed by atoms with Crippen molar-refractivity contribution in [3.05, 3.63) is 70.0 Å². The lowest BCUT2D eigenvalue weighted by Gasteiger charge is -2.22. The molecule has 0 aliphatic carbocycles. The zero-order valence-corrected chi connectivity index (χ0v) is 18.3. The van der Waals surface area contributed by atoms with Crippen LogP contribution in [0.3, 0.4) is 0 Å². The van der Waals surface area contributed by atoms with E-state index in [9.17, 15) is 14.0 Å². The summed E-state index contributed by atoms with van der Waals surface area (Å²) in [7, 11) is 0. The number of anilines is 1. The molecule has 1 unspecified atom stereocenters. The van der Waals surface area contributed by atoms with E-state index < -0.39 is 17.3 Å². The first-order valence-electron chi connectivity index (χ1n) is 9.34. The van der Waals surface area contributed by atoms with Gasteiger partial charge in [-0.2, -0.15) is 0 Å². The lowest BCUT2D eigenvalue weighted by molar-refractivity contribution is 0.102. The van der Waals surface area contributed by atoms with Gasteiger partial charge in [0.2, 0.25) is 0 Å². The van der Waals surface area contributed by atoms with Crippen LogP contribution in [0, 0.1) is 12.7 Å². The molecule has 0 radical (unpaired) electrons. The molecule has 1 amide bonds. The van der Waals surface area contributed by atoms with Gasteiger partial charge >= 0.3 is 5.63 Å². The molecular formula is C20H22Cl2FN5O3. The van der Waals surface area contributed by atoms with Crippen molar-refractivity contribution in [1.29, 1.82) is 0 Å². The number of aryl methyl sites for hydroxylation is 1. The number of nitrogens with one attached hydrogen (secondary N) is 2. The van der Waals surface area contributed by atoms with Crippen molar-refractivity contribution in [1.82, 2.24) is 20.1 Å². The first-order valence-corrected chi connectivity index (χ1v) is 9.34. The fraction of sp³-hybridized carbons (Fsp3) is 0.300. The molecule has 4 rings (SSSR count). The highest BCUT2D eigenvalue weighted by Gasteiger charge is 2.23. The predicted octanol–water partition coefficient (Wildman–Crippen LogP) is 3.23. The first-order chi connectivity index (χ1) is 14.0. The van der Waals surface area contributed by atoms with Gasteiger partial charge in [-0.3, -0.25) is 9.36 Å². The molecule has 1 atom stereocenters. The summed E-state index contributed by atoms with van der Waals surface area (Å²) < 4.78 is 21.2. The van der Waals surface area contributed by atoms with Gasteiger partial charge in [0.05, 0.1) is 11.4 Å². The van der Waals surface area contributed by atoms with Crippen LogP contribution in [0.25, 0.3) is 5.69 Å². The molecule has 31 heavy (non-hydrogen) atoms. The summed E-state index contributed by atoms with van der Waals surface area (Å²) in [6, 6.07) is 5.91. The molecule has 8 nitrogen and oxygen atoms in total. The number of carbonyl (C=O) groups is 1. The highest BCUT2D eigenvalue weighted by atomic mass is 35.5. The average molecular weight is 470 g/mol. The Balaban J connectivity index is 0.00000171. The molecule has 11 heteroatoms. The maximum atomic E-state index is 14.2. The zero-order valence-electron chi connectivity index (χ0n) is 16.6. The largest absolute Gasteiger partial charge is 0.427 e. The summed E-state index contributed by atoms with van der Waals surface area (Å²) >= 11 is 0. The van der Waals surface area contributed by atoms with Crippen molar-refractivity contribution in [3.63, 3.8) is 0 Å². The fourth-order valence-electron chi connectivity index (χ4n) is 3.49. The predicted molar refractivity (Wildman–Crippen MR) is 118 cm³/mol. The molecule has 0 saturated carbocycles. The van der Waals surface area contributed by atoms with Crippen LogP contribution in [0.15, 0.2) is 46.1 Å². The molecule has 3 heterocycles. The van der Waals surface area contributed by atoms with Gasteiger partial charge in [0.15, 0.2) is 0 Å². The van der Waals surface area contributed by atoms with Gasteiger partial charge in [0.1, 0.15) is 29.8 Å². The molecule has 0 spiro atoms. The van der Waals surface area contributed by atoms with Gasteiger partial charge in [-0.1, -0.05) is 0 Å². The van der Waals surface area contributed by atoms with E-state index in [-0.39, 0.29) is 42.0 Å². The summed E-state index contributed by atoms with van der Waals surface area (Å²) in [5.74, 6) is -0.672. The van der Waals surface area contributed by atoms with Crippen LogP contribution in [0.2, 0.25) is 0 Å². The summed E-state index contributed by atoms with van der Waals surface area (Å²) in [4.78, 5) is 25.2. The minimum absolute atomic E-state index is 0. The molecule has 2 N–H and O–H groups in total. The van der Waals surface area contributed by atoms with Crippen LogP contribution in [0.4, 0.5) is 10.1 Å². The molecule has 1 aliphatic rings. The van der Waals surface area contributed by atoms with E-state index in [2.05, 4.69) is 20.8 Å². The summed E-state index contributed by atoms with van der Waals surface area (Å²) in [6.07, 6.45) is 4.83. The summed E-state index contributed by atoms with van der Waals surface area (Å²) in [6.45, 7) is 3.35. The number of benzene rings is 1. The van der Waals surface area contributed by atoms with E-state index in [4.69, 9.17) is 4.42 Å². The lowest BCUT2D eigenvalue weighted by Crippen LogP contribution is -2.30. The Hall–Kier alpha value is -2.75. The van der Waals surface area contributed by atoms with E-state index in [1.54, 1.807) is 17.6 Å². The SMILES string of the molecule is Cc1cc(C2CCCNC2)oc(=O)c1C(=O)Nc1cc(-n2cnnc2)ccc1F.Cl.Cl. The fourth-order valence-corrected chi connectivity index (χ4v) is 3.49. The zero-order chi connectivity index (χ0) is 20.4. The Morgan fingerprint density at radius 1 is 1.26 bits per heavy atom. The third-order valence-corrected chi connectivity index (χ3v) is 5.01. The quantitative estimate of drug-likeness (QED) is 0.607. The van der Waals surface area contributed by atoms with Crippen molar-refractivity contribution in [2.45, 2.75) is 25.7 Å². The summed E-state index contributed by atoms with van der Waals surface area (Å²) in [5, 5.41) is 13.1. The molecule has 1 aromatic carbocycles. The number of aromatic nitrogens is 3. The maximum Gasteiger partial charge on any atom is 0.349 e. The van der Waals surface area contributed by atoms with E-state index in [1.807, 2.05) is 0 Å². The Bertz CT molecular complexity index is 1100. The number of amides is 1. The molecule has 3 aromatic rings. The second-order valence-electron chi connectivity index (χ2n) is 7.02. The monoisotopic (exact) mass is 469 g/mol. The molecule has 2 aromatic heterocycles. The molecule has 1 fully saturated rings. The van der Waals surface area contributed by atoms with E-state index in [0.29, 0.717) is 17.0 Å². The van der Waals surface area contributed by atoms with Crippen molar-refractivity contribution < 1.29 is 13.6 Å². The number of piperidine rings is 1. The van der Waals surface area contributed by atoms with Gasteiger partial charge in [-0.25, -0.2) is 9.18 Å². The van der Waals surface area contributed by atoms with Crippen LogP contribution in [0.1, 0.15) is 40.4 Å². The van der Waals surface area contributed by atoms with Crippen LogP contribution < -0.4 is 16.3 Å². The number of halogens is 3. The van der Waals surface area contributed by atoms with Crippen molar-refractivity contribution in [2.75, 3.05) is 18.4 Å². The van der Waals surface area contributed by atoms with Crippen LogP contribution in [0.5, 0.6) is 0 Å². The second kappa shape index (κ2) is 10.5. The number of hydrogen-bond acceptors (Lipinski definition) is 6. The molecule has 1 saturated heterocycles. The highest BCUT2D eigenvalue weighted by Crippen LogP contribution is 2.24. The number of hydrogen-bond donors (Lipinski definition) is 2. The molecule has 0 bridgehead atoms. The molecule has 166 valence electrons. The van der Waals surface area contributed by atoms with Crippen molar-refractivity contribution >= 4 is 36.4 Å². The van der Waals surface area contributed by atoms with Gasteiger partial charge in [-0.15, -0.1) is 35.0 Å². The Labute approximate surface area is 190 Å². The Morgan fingerprint density at radius 2 is 2.00 bits per heavy atom. The summed E-state index contributed by atoms with van der Waals surface area (Å²) in [5.41, 5.74) is 0.149. The Morgan fingerprint density at radius 3 is 2.65 bits per heavy atom. The van der Waals surface area contributed by atoms with E-state index in [0.717, 1.165) is 25.9 Å². The number of carbonyl (C=O) groups excluding carboxylic acids is 1. The van der Waals surface area contributed by atoms with Crippen molar-refractivity contribution in [2.24, 2.45) is 0 Å². The second-order valence-corrected chi connectivity index (χ2v) is 7.02. The highest BCUT2D eigenvalue weighted by molar-refractivity contribution is 6.05. The van der Waals surface area contributed by atoms with Gasteiger partial charge in [-0.05, 0) is 56.1 Å².